The molecule has 0 saturated heterocycles. The molecular formula is C15H30O2Si. The lowest BCUT2D eigenvalue weighted by Crippen LogP contribution is -2.50. The monoisotopic (exact) mass is 270 g/mol. The fourth-order valence-corrected chi connectivity index (χ4v) is 3.81. The maximum Gasteiger partial charge on any atom is 0.192 e. The van der Waals surface area contributed by atoms with Gasteiger partial charge in [-0.2, -0.15) is 0 Å². The average Bonchev–Trinajstić information content (AvgIpc) is 2.18. The lowest BCUT2D eigenvalue weighted by atomic mass is 9.70. The minimum Gasteiger partial charge on any atom is -0.413 e. The van der Waals surface area contributed by atoms with E-state index in [0.717, 1.165) is 12.8 Å². The maximum atomic E-state index is 12.3. The van der Waals surface area contributed by atoms with Gasteiger partial charge in [-0.25, -0.2) is 0 Å². The van der Waals surface area contributed by atoms with Gasteiger partial charge >= 0.3 is 0 Å². The molecule has 3 heteroatoms. The predicted molar refractivity (Wildman–Crippen MR) is 79.3 cm³/mol. The van der Waals surface area contributed by atoms with Gasteiger partial charge in [-0.1, -0.05) is 41.5 Å². The molecule has 1 aliphatic carbocycles. The second kappa shape index (κ2) is 4.75. The van der Waals surface area contributed by atoms with Crippen molar-refractivity contribution in [1.82, 2.24) is 0 Å². The highest BCUT2D eigenvalue weighted by atomic mass is 28.4. The van der Waals surface area contributed by atoms with Gasteiger partial charge < -0.3 is 4.43 Å². The van der Waals surface area contributed by atoms with Gasteiger partial charge in [-0.15, -0.1) is 0 Å². The van der Waals surface area contributed by atoms with Gasteiger partial charge in [0.15, 0.2) is 8.32 Å². The fraction of sp³-hybridized carbons (Fsp3) is 0.933. The molecule has 0 aromatic carbocycles. The van der Waals surface area contributed by atoms with Crippen LogP contribution in [0.3, 0.4) is 0 Å². The van der Waals surface area contributed by atoms with Crippen LogP contribution in [0.15, 0.2) is 0 Å². The summed E-state index contributed by atoms with van der Waals surface area (Å²) in [6, 6.07) is 0. The summed E-state index contributed by atoms with van der Waals surface area (Å²) in [7, 11) is -1.76. The van der Waals surface area contributed by atoms with Crippen LogP contribution in [0.2, 0.25) is 18.1 Å². The molecule has 106 valence electrons. The van der Waals surface area contributed by atoms with Gasteiger partial charge in [0, 0.05) is 11.3 Å². The van der Waals surface area contributed by atoms with E-state index in [1.807, 2.05) is 6.92 Å². The van der Waals surface area contributed by atoms with Crippen molar-refractivity contribution in [3.63, 3.8) is 0 Å². The molecule has 0 amide bonds. The van der Waals surface area contributed by atoms with E-state index in [0.29, 0.717) is 5.78 Å². The summed E-state index contributed by atoms with van der Waals surface area (Å²) < 4.78 is 6.44. The highest BCUT2D eigenvalue weighted by molar-refractivity contribution is 6.74. The zero-order valence-corrected chi connectivity index (χ0v) is 14.4. The van der Waals surface area contributed by atoms with Crippen molar-refractivity contribution in [2.75, 3.05) is 0 Å². The number of hydrogen-bond acceptors (Lipinski definition) is 2. The average molecular weight is 270 g/mol. The Labute approximate surface area is 114 Å². The van der Waals surface area contributed by atoms with E-state index in [9.17, 15) is 4.79 Å². The molecule has 18 heavy (non-hydrogen) atoms. The van der Waals surface area contributed by atoms with Crippen molar-refractivity contribution in [3.05, 3.63) is 0 Å². The number of hydrogen-bond donors (Lipinski definition) is 0. The molecule has 0 aliphatic heterocycles. The van der Waals surface area contributed by atoms with E-state index in [-0.39, 0.29) is 22.5 Å². The molecule has 0 N–H and O–H groups in total. The number of Topliss-reactive ketones (excluding diaryl/α,β-unsaturated/α-hetero) is 1. The Morgan fingerprint density at radius 1 is 1.28 bits per heavy atom. The van der Waals surface area contributed by atoms with Crippen LogP contribution < -0.4 is 0 Å². The first kappa shape index (κ1) is 15.9. The van der Waals surface area contributed by atoms with Crippen LogP contribution in [0.5, 0.6) is 0 Å². The number of carbonyl (C=O) groups excluding carboxylic acids is 1. The third-order valence-electron chi connectivity index (χ3n) is 4.94. The molecule has 0 unspecified atom stereocenters. The molecule has 1 aliphatic rings. The summed E-state index contributed by atoms with van der Waals surface area (Å²) in [4.78, 5) is 12.3. The fourth-order valence-electron chi connectivity index (χ4n) is 2.38. The molecule has 0 bridgehead atoms. The Kier molecular flexibility index (Phi) is 4.20. The summed E-state index contributed by atoms with van der Waals surface area (Å²) in [6.45, 7) is 17.5. The first-order valence-corrected chi connectivity index (χ1v) is 10.0. The van der Waals surface area contributed by atoms with Crippen LogP contribution in [-0.2, 0) is 9.22 Å². The first-order chi connectivity index (χ1) is 7.88. The Morgan fingerprint density at radius 3 is 2.22 bits per heavy atom. The number of rotatable bonds is 2. The van der Waals surface area contributed by atoms with Crippen LogP contribution in [0.4, 0.5) is 0 Å². The second-order valence-corrected chi connectivity index (χ2v) is 12.7. The smallest absolute Gasteiger partial charge is 0.192 e. The van der Waals surface area contributed by atoms with Crippen molar-refractivity contribution < 1.29 is 9.22 Å². The highest BCUT2D eigenvalue weighted by Gasteiger charge is 2.45. The van der Waals surface area contributed by atoms with E-state index in [1.165, 1.54) is 0 Å². The van der Waals surface area contributed by atoms with Crippen molar-refractivity contribution in [2.45, 2.75) is 78.6 Å². The molecule has 0 heterocycles. The Bertz CT molecular complexity index is 326. The minimum absolute atomic E-state index is 0.0443. The largest absolute Gasteiger partial charge is 0.413 e. The molecular weight excluding hydrogens is 240 g/mol. The molecule has 1 fully saturated rings. The lowest BCUT2D eigenvalue weighted by Gasteiger charge is -2.44. The van der Waals surface area contributed by atoms with E-state index in [4.69, 9.17) is 4.43 Å². The van der Waals surface area contributed by atoms with Crippen molar-refractivity contribution in [1.29, 1.82) is 0 Å². The van der Waals surface area contributed by atoms with Gasteiger partial charge in [0.2, 0.25) is 0 Å². The zero-order valence-electron chi connectivity index (χ0n) is 13.4. The van der Waals surface area contributed by atoms with Gasteiger partial charge in [0.25, 0.3) is 0 Å². The van der Waals surface area contributed by atoms with Crippen LogP contribution in [0.1, 0.15) is 54.4 Å². The second-order valence-electron chi connectivity index (χ2n) is 7.99. The molecule has 0 aromatic heterocycles. The molecule has 1 saturated carbocycles. The third kappa shape index (κ3) is 3.05. The Hall–Kier alpha value is -0.153. The van der Waals surface area contributed by atoms with Crippen LogP contribution in [0, 0.1) is 11.3 Å². The molecule has 0 aromatic rings. The predicted octanol–water partition coefficient (Wildman–Crippen LogP) is 4.40. The van der Waals surface area contributed by atoms with Gasteiger partial charge in [-0.3, -0.25) is 4.79 Å². The standard InChI is InChI=1S/C15H30O2Si/c1-11-12(9-10-15(5,6)13(11)16)17-18(7,8)14(2,3)4/h11-12H,9-10H2,1-8H3/t11-,12-/m1/s1. The van der Waals surface area contributed by atoms with Crippen LogP contribution >= 0.6 is 0 Å². The SMILES string of the molecule is C[C@H]1C(=O)C(C)(C)CC[C@H]1O[Si](C)(C)C(C)(C)C. The van der Waals surface area contributed by atoms with E-state index in [1.54, 1.807) is 0 Å². The third-order valence-corrected chi connectivity index (χ3v) is 9.45. The normalized spacial score (nSPS) is 29.4. The maximum absolute atomic E-state index is 12.3. The van der Waals surface area contributed by atoms with E-state index in [2.05, 4.69) is 47.7 Å². The summed E-state index contributed by atoms with van der Waals surface area (Å²) >= 11 is 0. The molecule has 0 radical (unpaired) electrons. The highest BCUT2D eigenvalue weighted by Crippen LogP contribution is 2.42. The minimum atomic E-state index is -1.76. The van der Waals surface area contributed by atoms with Gasteiger partial charge in [0.05, 0.1) is 6.10 Å². The molecule has 2 atom stereocenters. The van der Waals surface area contributed by atoms with Crippen molar-refractivity contribution >= 4 is 14.1 Å². The van der Waals surface area contributed by atoms with Crippen LogP contribution in [-0.4, -0.2) is 20.2 Å². The Balaban J connectivity index is 2.80. The van der Waals surface area contributed by atoms with Gasteiger partial charge in [-0.05, 0) is 31.0 Å². The van der Waals surface area contributed by atoms with E-state index < -0.39 is 8.32 Å². The summed E-state index contributed by atoms with van der Waals surface area (Å²) in [5, 5.41) is 0.211. The van der Waals surface area contributed by atoms with Crippen LogP contribution in [0.25, 0.3) is 0 Å². The molecule has 2 nitrogen and oxygen atoms in total. The zero-order chi connectivity index (χ0) is 14.4. The Morgan fingerprint density at radius 2 is 1.78 bits per heavy atom. The summed E-state index contributed by atoms with van der Waals surface area (Å²) in [6.07, 6.45) is 2.11. The lowest BCUT2D eigenvalue weighted by molar-refractivity contribution is -0.138. The van der Waals surface area contributed by atoms with Crippen molar-refractivity contribution in [3.8, 4) is 0 Å². The topological polar surface area (TPSA) is 26.3 Å². The number of carbonyl (C=O) groups is 1. The molecule has 1 rings (SSSR count). The number of ketones is 1. The molecule has 0 spiro atoms. The summed E-state index contributed by atoms with van der Waals surface area (Å²) in [5.74, 6) is 0.417. The van der Waals surface area contributed by atoms with E-state index >= 15 is 0 Å². The first-order valence-electron chi connectivity index (χ1n) is 7.11. The summed E-state index contributed by atoms with van der Waals surface area (Å²) in [5.41, 5.74) is -0.160. The quantitative estimate of drug-likeness (QED) is 0.695. The van der Waals surface area contributed by atoms with Gasteiger partial charge in [0.1, 0.15) is 5.78 Å². The van der Waals surface area contributed by atoms with Crippen molar-refractivity contribution in [2.24, 2.45) is 11.3 Å².